The lowest BCUT2D eigenvalue weighted by atomic mass is 10.1. The molecule has 7 nitrogen and oxygen atoms in total. The Morgan fingerprint density at radius 1 is 1.15 bits per heavy atom. The molecule has 0 aliphatic carbocycles. The van der Waals surface area contributed by atoms with Crippen LogP contribution in [0.5, 0.6) is 0 Å². The molecule has 0 saturated heterocycles. The average molecular weight is 371 g/mol. The van der Waals surface area contributed by atoms with Gasteiger partial charge in [0, 0.05) is 18.4 Å². The summed E-state index contributed by atoms with van der Waals surface area (Å²) in [5.74, 6) is -0.384. The monoisotopic (exact) mass is 371 g/mol. The van der Waals surface area contributed by atoms with Gasteiger partial charge in [-0.05, 0) is 18.9 Å². The van der Waals surface area contributed by atoms with Crippen LogP contribution in [0.2, 0.25) is 0 Å². The summed E-state index contributed by atoms with van der Waals surface area (Å²) in [5, 5.41) is 17.5. The first-order chi connectivity index (χ1) is 12.6. The van der Waals surface area contributed by atoms with E-state index in [0.717, 1.165) is 30.7 Å². The normalized spacial score (nSPS) is 11.0. The van der Waals surface area contributed by atoms with Crippen molar-refractivity contribution >= 4 is 33.1 Å². The molecule has 3 rings (SSSR count). The van der Waals surface area contributed by atoms with Gasteiger partial charge in [-0.15, -0.1) is 10.2 Å². The molecule has 0 atom stereocenters. The van der Waals surface area contributed by atoms with Crippen molar-refractivity contribution < 1.29 is 4.79 Å². The van der Waals surface area contributed by atoms with Crippen LogP contribution >= 0.6 is 11.3 Å². The highest BCUT2D eigenvalue weighted by Crippen LogP contribution is 2.19. The van der Waals surface area contributed by atoms with Gasteiger partial charge in [-0.2, -0.15) is 5.10 Å². The van der Waals surface area contributed by atoms with Crippen molar-refractivity contribution in [3.05, 3.63) is 45.3 Å². The molecule has 0 saturated carbocycles. The van der Waals surface area contributed by atoms with Crippen LogP contribution in [0.4, 0.5) is 5.13 Å². The summed E-state index contributed by atoms with van der Waals surface area (Å²) < 4.78 is 1.38. The highest BCUT2D eigenvalue weighted by atomic mass is 32.1. The Kier molecular flexibility index (Phi) is 5.72. The average Bonchev–Trinajstić information content (AvgIpc) is 3.08. The molecule has 1 amide bonds. The number of anilines is 1. The molecule has 0 aliphatic rings. The van der Waals surface area contributed by atoms with Crippen LogP contribution in [0.1, 0.15) is 48.6 Å². The minimum atomic E-state index is -0.384. The number of aryl methyl sites for hydroxylation is 2. The fourth-order valence-electron chi connectivity index (χ4n) is 2.64. The van der Waals surface area contributed by atoms with E-state index >= 15 is 0 Å². The first-order valence-corrected chi connectivity index (χ1v) is 9.59. The number of unbranched alkanes of at least 4 members (excludes halogenated alkanes) is 1. The quantitative estimate of drug-likeness (QED) is 0.688. The van der Waals surface area contributed by atoms with Gasteiger partial charge in [0.25, 0.3) is 11.5 Å². The molecule has 1 N–H and O–H groups in total. The van der Waals surface area contributed by atoms with Crippen molar-refractivity contribution in [2.75, 3.05) is 5.32 Å². The summed E-state index contributed by atoms with van der Waals surface area (Å²) in [4.78, 5) is 25.4. The first-order valence-electron chi connectivity index (χ1n) is 8.77. The Morgan fingerprint density at radius 3 is 2.65 bits per heavy atom. The van der Waals surface area contributed by atoms with E-state index in [9.17, 15) is 9.59 Å². The molecular formula is C18H21N5O2S. The van der Waals surface area contributed by atoms with Gasteiger partial charge in [-0.25, -0.2) is 4.68 Å². The summed E-state index contributed by atoms with van der Waals surface area (Å²) in [6.07, 6.45) is 3.56. The molecule has 3 aromatic rings. The third-order valence-corrected chi connectivity index (χ3v) is 4.86. The Hall–Kier alpha value is -2.61. The number of amides is 1. The Bertz CT molecular complexity index is 979. The van der Waals surface area contributed by atoms with E-state index in [1.54, 1.807) is 24.3 Å². The highest BCUT2D eigenvalue weighted by Gasteiger charge is 2.18. The second-order valence-corrected chi connectivity index (χ2v) is 7.04. The zero-order valence-corrected chi connectivity index (χ0v) is 15.7. The number of carbonyl (C=O) groups excluding carboxylic acids is 1. The maximum Gasteiger partial charge on any atom is 0.278 e. The molecule has 0 bridgehead atoms. The van der Waals surface area contributed by atoms with E-state index in [-0.39, 0.29) is 17.2 Å². The van der Waals surface area contributed by atoms with Gasteiger partial charge in [-0.3, -0.25) is 14.9 Å². The van der Waals surface area contributed by atoms with Gasteiger partial charge < -0.3 is 0 Å². The standard InChI is InChI=1S/C18H21N5O2S/c1-3-5-11-23-17(25)13-10-7-6-9-12(13)15(22-23)16(24)19-18-21-20-14(26-18)8-4-2/h6-7,9-10H,3-5,8,11H2,1-2H3,(H,19,21,24). The van der Waals surface area contributed by atoms with Crippen LogP contribution in [0, 0.1) is 0 Å². The predicted molar refractivity (Wildman–Crippen MR) is 103 cm³/mol. The Labute approximate surface area is 155 Å². The maximum atomic E-state index is 12.8. The lowest BCUT2D eigenvalue weighted by Gasteiger charge is -2.10. The van der Waals surface area contributed by atoms with Gasteiger partial charge in [0.1, 0.15) is 5.01 Å². The molecule has 0 unspecified atom stereocenters. The maximum absolute atomic E-state index is 12.8. The van der Waals surface area contributed by atoms with Crippen LogP contribution in [-0.2, 0) is 13.0 Å². The summed E-state index contributed by atoms with van der Waals surface area (Å²) in [7, 11) is 0. The van der Waals surface area contributed by atoms with Gasteiger partial charge in [0.2, 0.25) is 5.13 Å². The van der Waals surface area contributed by atoms with Gasteiger partial charge in [0.15, 0.2) is 5.69 Å². The number of hydrogen-bond acceptors (Lipinski definition) is 6. The summed E-state index contributed by atoms with van der Waals surface area (Å²) in [6.45, 7) is 4.60. The Balaban J connectivity index is 1.97. The van der Waals surface area contributed by atoms with Crippen molar-refractivity contribution in [2.24, 2.45) is 0 Å². The van der Waals surface area contributed by atoms with Crippen molar-refractivity contribution in [3.8, 4) is 0 Å². The fourth-order valence-corrected chi connectivity index (χ4v) is 3.47. The molecule has 2 aromatic heterocycles. The number of nitrogens with one attached hydrogen (secondary N) is 1. The second kappa shape index (κ2) is 8.18. The number of hydrogen-bond donors (Lipinski definition) is 1. The van der Waals surface area contributed by atoms with Crippen LogP contribution < -0.4 is 10.9 Å². The molecule has 8 heteroatoms. The van der Waals surface area contributed by atoms with Crippen LogP contribution in [-0.4, -0.2) is 25.9 Å². The van der Waals surface area contributed by atoms with E-state index < -0.39 is 0 Å². The minimum Gasteiger partial charge on any atom is -0.295 e. The van der Waals surface area contributed by atoms with Crippen LogP contribution in [0.25, 0.3) is 10.8 Å². The van der Waals surface area contributed by atoms with Crippen molar-refractivity contribution in [3.63, 3.8) is 0 Å². The third-order valence-electron chi connectivity index (χ3n) is 3.96. The van der Waals surface area contributed by atoms with E-state index in [1.165, 1.54) is 16.0 Å². The van der Waals surface area contributed by atoms with Crippen LogP contribution in [0.15, 0.2) is 29.1 Å². The molecule has 0 fully saturated rings. The number of fused-ring (bicyclic) bond motifs is 1. The molecule has 0 aliphatic heterocycles. The topological polar surface area (TPSA) is 89.8 Å². The highest BCUT2D eigenvalue weighted by molar-refractivity contribution is 7.15. The second-order valence-electron chi connectivity index (χ2n) is 5.98. The fraction of sp³-hybridized carbons (Fsp3) is 0.389. The van der Waals surface area contributed by atoms with Crippen molar-refractivity contribution in [1.82, 2.24) is 20.0 Å². The predicted octanol–water partition coefficient (Wildman–Crippen LogP) is 3.25. The number of benzene rings is 1. The zero-order chi connectivity index (χ0) is 18.5. The summed E-state index contributed by atoms with van der Waals surface area (Å²) in [5.41, 5.74) is 0.0512. The number of aromatic nitrogens is 4. The molecule has 0 radical (unpaired) electrons. The molecule has 0 spiro atoms. The smallest absolute Gasteiger partial charge is 0.278 e. The number of carbonyl (C=O) groups is 1. The molecule has 26 heavy (non-hydrogen) atoms. The summed E-state index contributed by atoms with van der Waals surface area (Å²) in [6, 6.07) is 7.05. The number of nitrogens with zero attached hydrogens (tertiary/aromatic N) is 4. The lowest BCUT2D eigenvalue weighted by Crippen LogP contribution is -2.27. The van der Waals surface area contributed by atoms with E-state index in [0.29, 0.717) is 22.4 Å². The summed E-state index contributed by atoms with van der Waals surface area (Å²) >= 11 is 1.36. The van der Waals surface area contributed by atoms with E-state index in [2.05, 4.69) is 27.5 Å². The lowest BCUT2D eigenvalue weighted by molar-refractivity contribution is 0.102. The van der Waals surface area contributed by atoms with E-state index in [4.69, 9.17) is 0 Å². The molecule has 1 aromatic carbocycles. The first kappa shape index (κ1) is 18.2. The van der Waals surface area contributed by atoms with Crippen molar-refractivity contribution in [2.45, 2.75) is 46.1 Å². The van der Waals surface area contributed by atoms with Gasteiger partial charge >= 0.3 is 0 Å². The zero-order valence-electron chi connectivity index (χ0n) is 14.9. The molecular weight excluding hydrogens is 350 g/mol. The Morgan fingerprint density at radius 2 is 1.92 bits per heavy atom. The SMILES string of the molecule is CCCCn1nc(C(=O)Nc2nnc(CCC)s2)c2ccccc2c1=O. The number of rotatable bonds is 7. The van der Waals surface area contributed by atoms with Gasteiger partial charge in [-0.1, -0.05) is 49.8 Å². The molecule has 136 valence electrons. The largest absolute Gasteiger partial charge is 0.295 e. The minimum absolute atomic E-state index is 0.174. The van der Waals surface area contributed by atoms with Crippen molar-refractivity contribution in [1.29, 1.82) is 0 Å². The van der Waals surface area contributed by atoms with Crippen LogP contribution in [0.3, 0.4) is 0 Å². The third kappa shape index (κ3) is 3.80. The van der Waals surface area contributed by atoms with E-state index in [1.807, 2.05) is 6.92 Å². The molecule has 2 heterocycles. The van der Waals surface area contributed by atoms with Gasteiger partial charge in [0.05, 0.1) is 5.39 Å².